The van der Waals surface area contributed by atoms with Gasteiger partial charge in [-0.2, -0.15) is 0 Å². The first-order valence-electron chi connectivity index (χ1n) is 5.42. The van der Waals surface area contributed by atoms with E-state index >= 15 is 0 Å². The van der Waals surface area contributed by atoms with Gasteiger partial charge in [0.1, 0.15) is 11.3 Å². The monoisotopic (exact) mass is 222 g/mol. The Balaban J connectivity index is 2.99. The van der Waals surface area contributed by atoms with E-state index in [0.29, 0.717) is 11.7 Å². The van der Waals surface area contributed by atoms with Crippen LogP contribution in [0.2, 0.25) is 0 Å². The molecule has 0 bridgehead atoms. The Morgan fingerprint density at radius 1 is 1.31 bits per heavy atom. The van der Waals surface area contributed by atoms with Crippen molar-refractivity contribution in [2.75, 3.05) is 0 Å². The lowest BCUT2D eigenvalue weighted by Crippen LogP contribution is -2.20. The van der Waals surface area contributed by atoms with Crippen LogP contribution in [0.1, 0.15) is 36.7 Å². The van der Waals surface area contributed by atoms with Gasteiger partial charge in [0.2, 0.25) is 0 Å². The van der Waals surface area contributed by atoms with E-state index in [1.54, 1.807) is 12.1 Å². The van der Waals surface area contributed by atoms with Crippen molar-refractivity contribution in [1.82, 2.24) is 0 Å². The van der Waals surface area contributed by atoms with E-state index in [2.05, 4.69) is 0 Å². The zero-order chi connectivity index (χ0) is 12.3. The number of hydrogen-bond acceptors (Lipinski definition) is 2. The molecule has 88 valence electrons. The number of benzene rings is 1. The van der Waals surface area contributed by atoms with Crippen molar-refractivity contribution in [1.29, 1.82) is 0 Å². The molecule has 0 aliphatic heterocycles. The molecule has 1 aromatic rings. The van der Waals surface area contributed by atoms with Gasteiger partial charge in [-0.05, 0) is 31.9 Å². The van der Waals surface area contributed by atoms with Crippen molar-refractivity contribution in [3.63, 3.8) is 0 Å². The quantitative estimate of drug-likeness (QED) is 0.851. The molecule has 0 radical (unpaired) electrons. The minimum Gasteiger partial charge on any atom is -0.490 e. The van der Waals surface area contributed by atoms with E-state index in [-0.39, 0.29) is 11.7 Å². The highest BCUT2D eigenvalue weighted by atomic mass is 16.5. The van der Waals surface area contributed by atoms with Crippen LogP contribution < -0.4 is 4.74 Å². The molecule has 1 N–H and O–H groups in total. The topological polar surface area (TPSA) is 46.5 Å². The fraction of sp³-hybridized carbons (Fsp3) is 0.462. The van der Waals surface area contributed by atoms with E-state index in [9.17, 15) is 4.79 Å². The van der Waals surface area contributed by atoms with Crippen molar-refractivity contribution in [3.8, 4) is 5.75 Å². The lowest BCUT2D eigenvalue weighted by atomic mass is 10.1. The number of carboxylic acid groups (broad SMARTS) is 1. The molecule has 0 aliphatic carbocycles. The number of aromatic carboxylic acids is 1. The SMILES string of the molecule is Cc1ccc(OC(C)C(C)C)c(C(=O)O)c1. The summed E-state index contributed by atoms with van der Waals surface area (Å²) < 4.78 is 5.64. The molecule has 0 amide bonds. The van der Waals surface area contributed by atoms with Crippen LogP contribution in [-0.2, 0) is 0 Å². The van der Waals surface area contributed by atoms with Crippen LogP contribution in [0.4, 0.5) is 0 Å². The molecule has 16 heavy (non-hydrogen) atoms. The highest BCUT2D eigenvalue weighted by Gasteiger charge is 2.15. The maximum atomic E-state index is 11.0. The van der Waals surface area contributed by atoms with Crippen molar-refractivity contribution in [2.24, 2.45) is 5.92 Å². The van der Waals surface area contributed by atoms with E-state index in [4.69, 9.17) is 9.84 Å². The predicted octanol–water partition coefficient (Wildman–Crippen LogP) is 3.12. The predicted molar refractivity (Wildman–Crippen MR) is 63.1 cm³/mol. The van der Waals surface area contributed by atoms with Crippen LogP contribution in [0.3, 0.4) is 0 Å². The first kappa shape index (κ1) is 12.6. The molecule has 0 aliphatic rings. The molecular weight excluding hydrogens is 204 g/mol. The molecule has 1 rings (SSSR count). The molecular formula is C13H18O3. The smallest absolute Gasteiger partial charge is 0.339 e. The van der Waals surface area contributed by atoms with Gasteiger partial charge in [-0.15, -0.1) is 0 Å². The zero-order valence-corrected chi connectivity index (χ0v) is 10.2. The molecule has 0 saturated heterocycles. The second-order valence-corrected chi connectivity index (χ2v) is 4.37. The van der Waals surface area contributed by atoms with Crippen molar-refractivity contribution in [3.05, 3.63) is 29.3 Å². The van der Waals surface area contributed by atoms with Gasteiger partial charge in [-0.3, -0.25) is 0 Å². The molecule has 0 saturated carbocycles. The Labute approximate surface area is 96.1 Å². The highest BCUT2D eigenvalue weighted by Crippen LogP contribution is 2.22. The fourth-order valence-electron chi connectivity index (χ4n) is 1.25. The van der Waals surface area contributed by atoms with Gasteiger partial charge >= 0.3 is 5.97 Å². The summed E-state index contributed by atoms with van der Waals surface area (Å²) in [5.41, 5.74) is 1.15. The van der Waals surface area contributed by atoms with Crippen molar-refractivity contribution >= 4 is 5.97 Å². The Hall–Kier alpha value is -1.51. The van der Waals surface area contributed by atoms with E-state index < -0.39 is 5.97 Å². The first-order chi connectivity index (χ1) is 7.41. The van der Waals surface area contributed by atoms with Gasteiger partial charge in [0.15, 0.2) is 0 Å². The van der Waals surface area contributed by atoms with Crippen LogP contribution in [0.15, 0.2) is 18.2 Å². The standard InChI is InChI=1S/C13H18O3/c1-8(2)10(4)16-12-6-5-9(3)7-11(12)13(14)15/h5-8,10H,1-4H3,(H,14,15). The van der Waals surface area contributed by atoms with E-state index in [1.165, 1.54) is 0 Å². The average molecular weight is 222 g/mol. The van der Waals surface area contributed by atoms with Crippen molar-refractivity contribution < 1.29 is 14.6 Å². The Morgan fingerprint density at radius 3 is 2.44 bits per heavy atom. The number of carbonyl (C=O) groups is 1. The maximum absolute atomic E-state index is 11.0. The number of ether oxygens (including phenoxy) is 1. The van der Waals surface area contributed by atoms with Crippen LogP contribution in [-0.4, -0.2) is 17.2 Å². The molecule has 1 atom stereocenters. The van der Waals surface area contributed by atoms with Gasteiger partial charge in [-0.1, -0.05) is 25.5 Å². The van der Waals surface area contributed by atoms with E-state index in [1.807, 2.05) is 33.8 Å². The second kappa shape index (κ2) is 5.01. The molecule has 3 heteroatoms. The van der Waals surface area contributed by atoms with Crippen LogP contribution in [0.25, 0.3) is 0 Å². The molecule has 0 heterocycles. The van der Waals surface area contributed by atoms with Crippen molar-refractivity contribution in [2.45, 2.75) is 33.8 Å². The summed E-state index contributed by atoms with van der Waals surface area (Å²) in [5, 5.41) is 9.06. The Morgan fingerprint density at radius 2 is 1.94 bits per heavy atom. The normalized spacial score (nSPS) is 12.6. The third-order valence-electron chi connectivity index (χ3n) is 2.62. The molecule has 1 aromatic carbocycles. The van der Waals surface area contributed by atoms with Gasteiger partial charge in [0.25, 0.3) is 0 Å². The van der Waals surface area contributed by atoms with Crippen LogP contribution >= 0.6 is 0 Å². The summed E-state index contributed by atoms with van der Waals surface area (Å²) in [5.74, 6) is -0.156. The molecule has 0 fully saturated rings. The van der Waals surface area contributed by atoms with Gasteiger partial charge in [-0.25, -0.2) is 4.79 Å². The Kier molecular flexibility index (Phi) is 3.93. The maximum Gasteiger partial charge on any atom is 0.339 e. The summed E-state index contributed by atoms with van der Waals surface area (Å²) in [6.45, 7) is 7.89. The zero-order valence-electron chi connectivity index (χ0n) is 10.2. The summed E-state index contributed by atoms with van der Waals surface area (Å²) >= 11 is 0. The third-order valence-corrected chi connectivity index (χ3v) is 2.62. The molecule has 0 aromatic heterocycles. The highest BCUT2D eigenvalue weighted by molar-refractivity contribution is 5.91. The molecule has 3 nitrogen and oxygen atoms in total. The second-order valence-electron chi connectivity index (χ2n) is 4.37. The molecule has 1 unspecified atom stereocenters. The summed E-state index contributed by atoms with van der Waals surface area (Å²) in [4.78, 5) is 11.0. The minimum atomic E-state index is -0.949. The van der Waals surface area contributed by atoms with Gasteiger partial charge in [0, 0.05) is 0 Å². The van der Waals surface area contributed by atoms with Gasteiger partial charge in [0.05, 0.1) is 6.10 Å². The largest absolute Gasteiger partial charge is 0.490 e. The van der Waals surface area contributed by atoms with Crippen LogP contribution in [0, 0.1) is 12.8 Å². The minimum absolute atomic E-state index is 0.000746. The van der Waals surface area contributed by atoms with Gasteiger partial charge < -0.3 is 9.84 Å². The number of hydrogen-bond donors (Lipinski definition) is 1. The van der Waals surface area contributed by atoms with E-state index in [0.717, 1.165) is 5.56 Å². The lowest BCUT2D eigenvalue weighted by Gasteiger charge is -2.19. The Bertz CT molecular complexity index is 383. The molecule has 0 spiro atoms. The van der Waals surface area contributed by atoms with Crippen LogP contribution in [0.5, 0.6) is 5.75 Å². The first-order valence-corrected chi connectivity index (χ1v) is 5.42. The third kappa shape index (κ3) is 2.99. The number of rotatable bonds is 4. The lowest BCUT2D eigenvalue weighted by molar-refractivity contribution is 0.0687. The number of aryl methyl sites for hydroxylation is 1. The summed E-state index contributed by atoms with van der Waals surface area (Å²) in [6.07, 6.45) is 0.000746. The summed E-state index contributed by atoms with van der Waals surface area (Å²) in [7, 11) is 0. The number of carboxylic acids is 1. The average Bonchev–Trinajstić information content (AvgIpc) is 2.20. The summed E-state index contributed by atoms with van der Waals surface area (Å²) in [6, 6.07) is 5.21. The fourth-order valence-corrected chi connectivity index (χ4v) is 1.25.